The number of ether oxygens (including phenoxy) is 2. The maximum atomic E-state index is 11.4. The molecule has 0 fully saturated rings. The zero-order chi connectivity index (χ0) is 39.3. The van der Waals surface area contributed by atoms with Gasteiger partial charge in [0, 0.05) is 11.8 Å². The second-order valence-corrected chi connectivity index (χ2v) is 15.5. The van der Waals surface area contributed by atoms with E-state index in [1.807, 2.05) is 43.3 Å². The van der Waals surface area contributed by atoms with Crippen LogP contribution in [0.1, 0.15) is 57.3 Å². The van der Waals surface area contributed by atoms with Crippen LogP contribution < -0.4 is 9.47 Å². The molecule has 0 aromatic heterocycles. The van der Waals surface area contributed by atoms with Gasteiger partial charge in [-0.15, -0.1) is 4.91 Å². The molecule has 0 aliphatic heterocycles. The van der Waals surface area contributed by atoms with Gasteiger partial charge in [0.15, 0.2) is 0 Å². The predicted molar refractivity (Wildman–Crippen MR) is 230 cm³/mol. The Kier molecular flexibility index (Phi) is 8.67. The molecule has 0 spiro atoms. The summed E-state index contributed by atoms with van der Waals surface area (Å²) in [6.07, 6.45) is 8.70. The number of nitrogens with zero attached hydrogens (tertiary/aromatic N) is 1. The molecule has 4 atom stereocenters. The second-order valence-electron chi connectivity index (χ2n) is 15.5. The Hall–Kier alpha value is -6.98. The summed E-state index contributed by atoms with van der Waals surface area (Å²) in [7, 11) is 0. The molecule has 5 heteroatoms. The number of phenolic OH excluding ortho intramolecular Hbond substituents is 1. The highest BCUT2D eigenvalue weighted by Crippen LogP contribution is 2.60. The normalized spacial score (nSPS) is 19.7. The van der Waals surface area contributed by atoms with Gasteiger partial charge in [-0.3, -0.25) is 0 Å². The summed E-state index contributed by atoms with van der Waals surface area (Å²) in [6.45, 7) is 2.39. The van der Waals surface area contributed by atoms with Crippen molar-refractivity contribution in [3.63, 3.8) is 0 Å². The van der Waals surface area contributed by atoms with E-state index in [2.05, 4.69) is 151 Å². The molecule has 0 radical (unpaired) electrons. The number of rotatable bonds is 10. The van der Waals surface area contributed by atoms with Gasteiger partial charge in [-0.1, -0.05) is 146 Å². The molecule has 0 saturated carbocycles. The third kappa shape index (κ3) is 5.45. The Bertz CT molecular complexity index is 2650. The fourth-order valence-electron chi connectivity index (χ4n) is 10.1. The summed E-state index contributed by atoms with van der Waals surface area (Å²) in [5.41, 5.74) is 11.3. The van der Waals surface area contributed by atoms with Crippen LogP contribution in [-0.4, -0.2) is 17.8 Å². The summed E-state index contributed by atoms with van der Waals surface area (Å²) in [5, 5.41) is 13.4. The number of aromatic hydroxyl groups is 1. The van der Waals surface area contributed by atoms with Gasteiger partial charge in [0.25, 0.3) is 0 Å². The number of benzene rings is 7. The topological polar surface area (TPSA) is 68.1 Å². The summed E-state index contributed by atoms with van der Waals surface area (Å²) >= 11 is 0. The third-order valence-corrected chi connectivity index (χ3v) is 12.5. The highest BCUT2D eigenvalue weighted by Gasteiger charge is 2.53. The van der Waals surface area contributed by atoms with E-state index in [-0.39, 0.29) is 23.7 Å². The lowest BCUT2D eigenvalue weighted by atomic mass is 9.63. The molecule has 5 nitrogen and oxygen atoms in total. The van der Waals surface area contributed by atoms with Crippen LogP contribution >= 0.6 is 0 Å². The molecule has 0 bridgehead atoms. The minimum absolute atomic E-state index is 0.158. The van der Waals surface area contributed by atoms with Crippen molar-refractivity contribution >= 4 is 5.69 Å². The van der Waals surface area contributed by atoms with Crippen LogP contribution in [0, 0.1) is 10.8 Å². The molecule has 282 valence electrons. The molecule has 4 unspecified atom stereocenters. The van der Waals surface area contributed by atoms with Gasteiger partial charge in [-0.25, -0.2) is 0 Å². The first-order chi connectivity index (χ1) is 28.5. The van der Waals surface area contributed by atoms with Crippen LogP contribution in [0.25, 0.3) is 11.1 Å². The number of phenols is 1. The second kappa shape index (κ2) is 14.2. The van der Waals surface area contributed by atoms with Crippen molar-refractivity contribution in [2.45, 2.75) is 29.8 Å². The van der Waals surface area contributed by atoms with Crippen LogP contribution in [0.2, 0.25) is 0 Å². The Morgan fingerprint density at radius 2 is 1.10 bits per heavy atom. The van der Waals surface area contributed by atoms with Crippen molar-refractivity contribution < 1.29 is 14.6 Å². The third-order valence-electron chi connectivity index (χ3n) is 12.5. The van der Waals surface area contributed by atoms with Gasteiger partial charge >= 0.3 is 0 Å². The molecule has 0 amide bonds. The molecule has 0 heterocycles. The van der Waals surface area contributed by atoms with Crippen molar-refractivity contribution in [1.82, 2.24) is 0 Å². The van der Waals surface area contributed by atoms with Gasteiger partial charge in [0.2, 0.25) is 0 Å². The van der Waals surface area contributed by atoms with Crippen molar-refractivity contribution in [1.29, 1.82) is 0 Å². The van der Waals surface area contributed by atoms with Crippen molar-refractivity contribution in [2.24, 2.45) is 11.1 Å². The standard InChI is InChI=1S/C53H41NO4/c1-35(58-43-32-24-39(25-33-43)53(37-20-28-41(55)29-21-37)50-16-8-4-12-46(50)47-13-5-9-17-51(47)53)34-57-42-30-22-38(23-31-42)52(36-18-26-40(54-56)27-19-36)48-14-6-2-10-44(48)45-11-3-7-15-49(45)52/h2-33,35,44,48,55H,34H2,1H3. The Morgan fingerprint density at radius 3 is 1.74 bits per heavy atom. The van der Waals surface area contributed by atoms with E-state index >= 15 is 0 Å². The van der Waals surface area contributed by atoms with Crippen molar-refractivity contribution in [2.75, 3.05) is 6.61 Å². The number of allylic oxidation sites excluding steroid dienone is 4. The molecule has 58 heavy (non-hydrogen) atoms. The van der Waals surface area contributed by atoms with E-state index in [0.717, 1.165) is 33.8 Å². The van der Waals surface area contributed by atoms with Gasteiger partial charge < -0.3 is 14.6 Å². The lowest BCUT2D eigenvalue weighted by Crippen LogP contribution is -2.35. The SMILES string of the molecule is CC(COc1ccc(C2(c3ccc(N=O)cc3)c3ccccc3C3C=CC=CC32)cc1)Oc1ccc(C2(c3ccc(O)cc3)c3ccccc3-c3ccccc32)cc1. The first kappa shape index (κ1) is 35.4. The molecular weight excluding hydrogens is 715 g/mol. The lowest BCUT2D eigenvalue weighted by Gasteiger charge is -2.39. The smallest absolute Gasteiger partial charge is 0.130 e. The maximum absolute atomic E-state index is 11.4. The fourth-order valence-corrected chi connectivity index (χ4v) is 10.1. The summed E-state index contributed by atoms with van der Waals surface area (Å²) in [6, 6.07) is 58.2. The van der Waals surface area contributed by atoms with E-state index in [4.69, 9.17) is 9.47 Å². The number of hydrogen-bond acceptors (Lipinski definition) is 5. The minimum atomic E-state index is -0.555. The number of fused-ring (bicyclic) bond motifs is 6. The largest absolute Gasteiger partial charge is 0.508 e. The zero-order valence-corrected chi connectivity index (χ0v) is 32.0. The summed E-state index contributed by atoms with van der Waals surface area (Å²) in [5.74, 6) is 2.16. The van der Waals surface area contributed by atoms with Crippen LogP contribution in [0.3, 0.4) is 0 Å². The Balaban J connectivity index is 0.905. The average molecular weight is 756 g/mol. The summed E-state index contributed by atoms with van der Waals surface area (Å²) < 4.78 is 12.8. The predicted octanol–water partition coefficient (Wildman–Crippen LogP) is 12.2. The first-order valence-electron chi connectivity index (χ1n) is 19.9. The van der Waals surface area contributed by atoms with Gasteiger partial charge in [0.1, 0.15) is 35.6 Å². The molecule has 7 aromatic carbocycles. The van der Waals surface area contributed by atoms with Crippen LogP contribution in [0.5, 0.6) is 17.2 Å². The number of nitroso groups, excluding NO2 is 1. The van der Waals surface area contributed by atoms with Gasteiger partial charge in [0.05, 0.1) is 10.8 Å². The zero-order valence-electron chi connectivity index (χ0n) is 32.0. The van der Waals surface area contributed by atoms with Crippen LogP contribution in [-0.2, 0) is 10.8 Å². The van der Waals surface area contributed by atoms with Gasteiger partial charge in [-0.05, 0) is 116 Å². The molecule has 3 aliphatic rings. The molecule has 0 saturated heterocycles. The Labute approximate surface area is 338 Å². The maximum Gasteiger partial charge on any atom is 0.130 e. The highest BCUT2D eigenvalue weighted by atomic mass is 16.5. The van der Waals surface area contributed by atoms with Gasteiger partial charge in [-0.2, -0.15) is 0 Å². The minimum Gasteiger partial charge on any atom is -0.508 e. The fraction of sp³-hybridized carbons (Fsp3) is 0.132. The number of hydrogen-bond donors (Lipinski definition) is 1. The highest BCUT2D eigenvalue weighted by molar-refractivity contribution is 5.86. The molecular formula is C53H41NO4. The summed E-state index contributed by atoms with van der Waals surface area (Å²) in [4.78, 5) is 11.4. The quantitative estimate of drug-likeness (QED) is 0.141. The van der Waals surface area contributed by atoms with Crippen LogP contribution in [0.15, 0.2) is 199 Å². The lowest BCUT2D eigenvalue weighted by molar-refractivity contribution is 0.143. The van der Waals surface area contributed by atoms with E-state index in [1.54, 1.807) is 12.1 Å². The van der Waals surface area contributed by atoms with E-state index in [1.165, 1.54) is 33.4 Å². The molecule has 1 N–H and O–H groups in total. The van der Waals surface area contributed by atoms with E-state index in [0.29, 0.717) is 12.3 Å². The Morgan fingerprint density at radius 1 is 0.586 bits per heavy atom. The molecule has 10 rings (SSSR count). The monoisotopic (exact) mass is 755 g/mol. The van der Waals surface area contributed by atoms with Crippen molar-refractivity contribution in [3.8, 4) is 28.4 Å². The molecule has 3 aliphatic carbocycles. The molecule has 7 aromatic rings. The van der Waals surface area contributed by atoms with Crippen molar-refractivity contribution in [3.05, 3.63) is 244 Å². The van der Waals surface area contributed by atoms with E-state index in [9.17, 15) is 10.0 Å². The average Bonchev–Trinajstić information content (AvgIpc) is 3.75. The van der Waals surface area contributed by atoms with E-state index < -0.39 is 10.8 Å². The van der Waals surface area contributed by atoms with Crippen LogP contribution in [0.4, 0.5) is 5.69 Å². The first-order valence-corrected chi connectivity index (χ1v) is 19.9.